The van der Waals surface area contributed by atoms with Crippen molar-refractivity contribution in [2.24, 2.45) is 0 Å². The van der Waals surface area contributed by atoms with E-state index in [1.165, 1.54) is 22.5 Å². The second-order valence-corrected chi connectivity index (χ2v) is 9.45. The molecule has 0 aliphatic carbocycles. The van der Waals surface area contributed by atoms with Gasteiger partial charge >= 0.3 is 0 Å². The molecule has 0 unspecified atom stereocenters. The summed E-state index contributed by atoms with van der Waals surface area (Å²) in [6.07, 6.45) is 2.92. The molecule has 2 heterocycles. The zero-order valence-electron chi connectivity index (χ0n) is 17.4. The van der Waals surface area contributed by atoms with Gasteiger partial charge in [0.1, 0.15) is 17.3 Å². The number of rotatable bonds is 6. The number of sulfonamides is 1. The summed E-state index contributed by atoms with van der Waals surface area (Å²) in [5.74, 6) is 0.153. The van der Waals surface area contributed by atoms with E-state index in [4.69, 9.17) is 4.42 Å². The van der Waals surface area contributed by atoms with Crippen molar-refractivity contribution in [2.45, 2.75) is 5.75 Å². The third kappa shape index (κ3) is 5.15. The van der Waals surface area contributed by atoms with E-state index < -0.39 is 10.0 Å². The maximum atomic E-state index is 13.9. The monoisotopic (exact) mass is 454 g/mol. The highest BCUT2D eigenvalue weighted by atomic mass is 32.2. The van der Waals surface area contributed by atoms with Crippen molar-refractivity contribution in [2.75, 3.05) is 26.2 Å². The van der Waals surface area contributed by atoms with E-state index in [-0.39, 0.29) is 30.6 Å². The molecule has 1 saturated heterocycles. The van der Waals surface area contributed by atoms with Gasteiger partial charge in [0.15, 0.2) is 0 Å². The topological polar surface area (TPSA) is 70.8 Å². The van der Waals surface area contributed by atoms with Crippen molar-refractivity contribution >= 4 is 22.0 Å². The van der Waals surface area contributed by atoms with Gasteiger partial charge in [-0.3, -0.25) is 4.79 Å². The fourth-order valence-electron chi connectivity index (χ4n) is 3.57. The first-order chi connectivity index (χ1) is 15.4. The zero-order valence-corrected chi connectivity index (χ0v) is 18.2. The summed E-state index contributed by atoms with van der Waals surface area (Å²) in [6, 6.07) is 18.7. The molecule has 1 aliphatic heterocycles. The normalized spacial score (nSPS) is 15.3. The van der Waals surface area contributed by atoms with E-state index in [0.29, 0.717) is 30.2 Å². The van der Waals surface area contributed by atoms with Crippen molar-refractivity contribution in [3.63, 3.8) is 0 Å². The van der Waals surface area contributed by atoms with Crippen molar-refractivity contribution in [1.29, 1.82) is 0 Å². The van der Waals surface area contributed by atoms with Crippen LogP contribution in [0.15, 0.2) is 77.2 Å². The summed E-state index contributed by atoms with van der Waals surface area (Å²) in [4.78, 5) is 14.1. The molecular formula is C24H23FN2O4S. The van der Waals surface area contributed by atoms with Gasteiger partial charge in [0.2, 0.25) is 15.9 Å². The Labute approximate surface area is 186 Å². The van der Waals surface area contributed by atoms with E-state index in [2.05, 4.69) is 0 Å². The van der Waals surface area contributed by atoms with Crippen LogP contribution < -0.4 is 0 Å². The number of hydrogen-bond acceptors (Lipinski definition) is 4. The largest absolute Gasteiger partial charge is 0.457 e. The van der Waals surface area contributed by atoms with Crippen molar-refractivity contribution < 1.29 is 22.0 Å². The number of halogens is 1. The highest BCUT2D eigenvalue weighted by Gasteiger charge is 2.28. The second kappa shape index (κ2) is 9.50. The summed E-state index contributed by atoms with van der Waals surface area (Å²) < 4.78 is 46.3. The zero-order chi connectivity index (χ0) is 22.6. The van der Waals surface area contributed by atoms with Gasteiger partial charge in [0, 0.05) is 32.3 Å². The van der Waals surface area contributed by atoms with Crippen LogP contribution in [-0.2, 0) is 20.6 Å². The molecule has 0 bridgehead atoms. The van der Waals surface area contributed by atoms with Crippen LogP contribution in [0.1, 0.15) is 11.3 Å². The standard InChI is InChI=1S/C24H23FN2O4S/c25-22-9-5-4-8-21(22)23-12-10-20(31-23)11-13-24(28)26-14-16-27(17-15-26)32(29,30)18-19-6-2-1-3-7-19/h1-13H,14-18H2. The summed E-state index contributed by atoms with van der Waals surface area (Å²) in [5, 5.41) is 0. The van der Waals surface area contributed by atoms with Gasteiger partial charge in [-0.2, -0.15) is 4.31 Å². The molecule has 166 valence electrons. The first-order valence-corrected chi connectivity index (χ1v) is 11.9. The van der Waals surface area contributed by atoms with Gasteiger partial charge in [-0.1, -0.05) is 42.5 Å². The summed E-state index contributed by atoms with van der Waals surface area (Å²) in [7, 11) is -3.44. The van der Waals surface area contributed by atoms with Crippen LogP contribution in [0.25, 0.3) is 17.4 Å². The average molecular weight is 455 g/mol. The third-order valence-electron chi connectivity index (χ3n) is 5.29. The lowest BCUT2D eigenvalue weighted by Gasteiger charge is -2.33. The van der Waals surface area contributed by atoms with Gasteiger partial charge in [-0.15, -0.1) is 0 Å². The Hall–Kier alpha value is -3.23. The SMILES string of the molecule is O=C(C=Cc1ccc(-c2ccccc2F)o1)N1CCN(S(=O)(=O)Cc2ccccc2)CC1. The van der Waals surface area contributed by atoms with Gasteiger partial charge < -0.3 is 9.32 Å². The Kier molecular flexibility index (Phi) is 6.53. The first-order valence-electron chi connectivity index (χ1n) is 10.3. The summed E-state index contributed by atoms with van der Waals surface area (Å²) >= 11 is 0. The molecule has 1 fully saturated rings. The number of carbonyl (C=O) groups excluding carboxylic acids is 1. The van der Waals surface area contributed by atoms with E-state index in [0.717, 1.165) is 5.56 Å². The van der Waals surface area contributed by atoms with Crippen LogP contribution in [0.3, 0.4) is 0 Å². The number of furan rings is 1. The molecule has 0 atom stereocenters. The Morgan fingerprint density at radius 3 is 2.34 bits per heavy atom. The molecule has 0 spiro atoms. The number of piperazine rings is 1. The Balaban J connectivity index is 1.33. The third-order valence-corrected chi connectivity index (χ3v) is 7.14. The fraction of sp³-hybridized carbons (Fsp3) is 0.208. The maximum absolute atomic E-state index is 13.9. The molecule has 4 rings (SSSR count). The molecule has 8 heteroatoms. The van der Waals surface area contributed by atoms with E-state index in [1.54, 1.807) is 47.4 Å². The molecule has 3 aromatic rings. The summed E-state index contributed by atoms with van der Waals surface area (Å²) in [6.45, 7) is 1.14. The minimum atomic E-state index is -3.44. The van der Waals surface area contributed by atoms with Crippen LogP contribution in [-0.4, -0.2) is 49.7 Å². The number of nitrogens with zero attached hydrogens (tertiary/aromatic N) is 2. The molecular weight excluding hydrogens is 431 g/mol. The number of carbonyl (C=O) groups is 1. The second-order valence-electron chi connectivity index (χ2n) is 7.48. The van der Waals surface area contributed by atoms with Crippen LogP contribution >= 0.6 is 0 Å². The van der Waals surface area contributed by atoms with Crippen molar-refractivity contribution in [1.82, 2.24) is 9.21 Å². The van der Waals surface area contributed by atoms with Gasteiger partial charge in [-0.25, -0.2) is 12.8 Å². The van der Waals surface area contributed by atoms with E-state index in [1.807, 2.05) is 18.2 Å². The number of hydrogen-bond donors (Lipinski definition) is 0. The Morgan fingerprint density at radius 2 is 1.62 bits per heavy atom. The van der Waals surface area contributed by atoms with Gasteiger partial charge in [0.05, 0.1) is 11.3 Å². The molecule has 32 heavy (non-hydrogen) atoms. The van der Waals surface area contributed by atoms with E-state index in [9.17, 15) is 17.6 Å². The molecule has 0 radical (unpaired) electrons. The van der Waals surface area contributed by atoms with Gasteiger partial charge in [-0.05, 0) is 35.9 Å². The average Bonchev–Trinajstić information content (AvgIpc) is 3.27. The maximum Gasteiger partial charge on any atom is 0.246 e. The fourth-order valence-corrected chi connectivity index (χ4v) is 5.09. The Morgan fingerprint density at radius 1 is 0.938 bits per heavy atom. The molecule has 6 nitrogen and oxygen atoms in total. The molecule has 1 aromatic heterocycles. The molecule has 1 aliphatic rings. The van der Waals surface area contributed by atoms with Crippen LogP contribution in [0.2, 0.25) is 0 Å². The van der Waals surface area contributed by atoms with Crippen LogP contribution in [0.5, 0.6) is 0 Å². The lowest BCUT2D eigenvalue weighted by Crippen LogP contribution is -2.50. The predicted molar refractivity (Wildman–Crippen MR) is 120 cm³/mol. The Bertz CT molecular complexity index is 1210. The van der Waals surface area contributed by atoms with Crippen molar-refractivity contribution in [3.05, 3.63) is 89.9 Å². The van der Waals surface area contributed by atoms with Crippen molar-refractivity contribution in [3.8, 4) is 11.3 Å². The lowest BCUT2D eigenvalue weighted by atomic mass is 10.1. The smallest absolute Gasteiger partial charge is 0.246 e. The number of benzene rings is 2. The van der Waals surface area contributed by atoms with Gasteiger partial charge in [0.25, 0.3) is 0 Å². The lowest BCUT2D eigenvalue weighted by molar-refractivity contribution is -0.127. The number of amides is 1. The predicted octanol–water partition coefficient (Wildman–Crippen LogP) is 3.77. The first kappa shape index (κ1) is 22.0. The highest BCUT2D eigenvalue weighted by molar-refractivity contribution is 7.88. The molecule has 1 amide bonds. The molecule has 0 N–H and O–H groups in total. The van der Waals surface area contributed by atoms with Crippen LogP contribution in [0, 0.1) is 5.82 Å². The minimum absolute atomic E-state index is 0.0511. The highest BCUT2D eigenvalue weighted by Crippen LogP contribution is 2.25. The molecule has 2 aromatic carbocycles. The van der Waals surface area contributed by atoms with E-state index >= 15 is 0 Å². The quantitative estimate of drug-likeness (QED) is 0.532. The minimum Gasteiger partial charge on any atom is -0.457 e. The summed E-state index contributed by atoms with van der Waals surface area (Å²) in [5.41, 5.74) is 1.09. The van der Waals surface area contributed by atoms with Crippen LogP contribution in [0.4, 0.5) is 4.39 Å². The molecule has 0 saturated carbocycles.